The molecule has 1 fully saturated rings. The topological polar surface area (TPSA) is 12.0 Å². The smallest absolute Gasteiger partial charge is 0.00204 e. The minimum atomic E-state index is 0.656. The third kappa shape index (κ3) is 3.27. The van der Waals surface area contributed by atoms with Crippen molar-refractivity contribution >= 4 is 0 Å². The van der Waals surface area contributed by atoms with E-state index in [1.807, 2.05) is 0 Å². The Kier molecular flexibility index (Phi) is 4.43. The summed E-state index contributed by atoms with van der Waals surface area (Å²) in [5.41, 5.74) is 0.656. The van der Waals surface area contributed by atoms with Crippen molar-refractivity contribution in [3.8, 4) is 0 Å². The molecule has 0 aromatic carbocycles. The van der Waals surface area contributed by atoms with E-state index in [4.69, 9.17) is 0 Å². The lowest BCUT2D eigenvalue weighted by Crippen LogP contribution is -2.54. The highest BCUT2D eigenvalue weighted by atomic mass is 15.0. The zero-order valence-corrected chi connectivity index (χ0v) is 10.4. The molecular formula is C13H27N. The summed E-state index contributed by atoms with van der Waals surface area (Å²) in [7, 11) is 0. The molecule has 0 saturated carbocycles. The molecule has 1 unspecified atom stereocenters. The summed E-state index contributed by atoms with van der Waals surface area (Å²) in [5.74, 6) is 1.77. The molecule has 84 valence electrons. The van der Waals surface area contributed by atoms with Crippen LogP contribution in [-0.2, 0) is 0 Å². The molecule has 0 aliphatic carbocycles. The Morgan fingerprint density at radius 3 is 2.14 bits per heavy atom. The van der Waals surface area contributed by atoms with E-state index in [-0.39, 0.29) is 0 Å². The van der Waals surface area contributed by atoms with Crippen LogP contribution in [0.4, 0.5) is 0 Å². The quantitative estimate of drug-likeness (QED) is 0.687. The van der Waals surface area contributed by atoms with Gasteiger partial charge in [-0.1, -0.05) is 40.5 Å². The molecule has 1 rings (SSSR count). The maximum Gasteiger partial charge on any atom is 0.00204 e. The Labute approximate surface area is 89.7 Å². The number of rotatable bonds is 6. The van der Waals surface area contributed by atoms with Crippen molar-refractivity contribution in [3.05, 3.63) is 0 Å². The predicted molar refractivity (Wildman–Crippen MR) is 63.4 cm³/mol. The molecule has 0 bridgehead atoms. The highest BCUT2D eigenvalue weighted by molar-refractivity contribution is 4.93. The summed E-state index contributed by atoms with van der Waals surface area (Å²) in [6, 6.07) is 0. The van der Waals surface area contributed by atoms with Crippen molar-refractivity contribution in [2.24, 2.45) is 17.3 Å². The number of nitrogens with one attached hydrogen (secondary N) is 1. The minimum Gasteiger partial charge on any atom is -0.316 e. The van der Waals surface area contributed by atoms with Gasteiger partial charge >= 0.3 is 0 Å². The van der Waals surface area contributed by atoms with Gasteiger partial charge in [0.1, 0.15) is 0 Å². The van der Waals surface area contributed by atoms with E-state index in [2.05, 4.69) is 33.0 Å². The Bertz CT molecular complexity index is 159. The van der Waals surface area contributed by atoms with Crippen LogP contribution in [0.5, 0.6) is 0 Å². The van der Waals surface area contributed by atoms with Gasteiger partial charge in [0.25, 0.3) is 0 Å². The van der Waals surface area contributed by atoms with E-state index in [0.717, 1.165) is 11.8 Å². The summed E-state index contributed by atoms with van der Waals surface area (Å²) in [4.78, 5) is 0. The van der Waals surface area contributed by atoms with Gasteiger partial charge in [-0.25, -0.2) is 0 Å². The fourth-order valence-corrected chi connectivity index (χ4v) is 3.05. The summed E-state index contributed by atoms with van der Waals surface area (Å²) in [5, 5.41) is 3.45. The van der Waals surface area contributed by atoms with Crippen molar-refractivity contribution in [2.45, 2.75) is 53.4 Å². The van der Waals surface area contributed by atoms with Crippen LogP contribution in [0.2, 0.25) is 0 Å². The minimum absolute atomic E-state index is 0.656. The highest BCUT2D eigenvalue weighted by Crippen LogP contribution is 2.38. The van der Waals surface area contributed by atoms with Gasteiger partial charge in [0.2, 0.25) is 0 Å². The van der Waals surface area contributed by atoms with Crippen molar-refractivity contribution in [2.75, 3.05) is 13.1 Å². The molecule has 1 aliphatic rings. The van der Waals surface area contributed by atoms with Gasteiger partial charge < -0.3 is 5.32 Å². The second-order valence-corrected chi connectivity index (χ2v) is 5.80. The van der Waals surface area contributed by atoms with E-state index >= 15 is 0 Å². The van der Waals surface area contributed by atoms with Crippen LogP contribution in [-0.4, -0.2) is 13.1 Å². The molecule has 0 amide bonds. The lowest BCUT2D eigenvalue weighted by Gasteiger charge is -2.45. The first-order valence-corrected chi connectivity index (χ1v) is 6.29. The fourth-order valence-electron chi connectivity index (χ4n) is 3.05. The second-order valence-electron chi connectivity index (χ2n) is 5.80. The molecule has 0 aromatic rings. The van der Waals surface area contributed by atoms with Crippen LogP contribution >= 0.6 is 0 Å². The summed E-state index contributed by atoms with van der Waals surface area (Å²) in [6.07, 6.45) is 5.59. The third-order valence-corrected chi connectivity index (χ3v) is 3.40. The monoisotopic (exact) mass is 197 g/mol. The normalized spacial score (nSPS) is 22.1. The first-order valence-electron chi connectivity index (χ1n) is 6.29. The molecule has 1 N–H and O–H groups in total. The van der Waals surface area contributed by atoms with Crippen LogP contribution < -0.4 is 5.32 Å². The van der Waals surface area contributed by atoms with Gasteiger partial charge in [-0.3, -0.25) is 0 Å². The molecule has 1 nitrogen and oxygen atoms in total. The lowest BCUT2D eigenvalue weighted by atomic mass is 9.69. The van der Waals surface area contributed by atoms with Gasteiger partial charge in [0.05, 0.1) is 0 Å². The molecule has 0 spiro atoms. The highest BCUT2D eigenvalue weighted by Gasteiger charge is 2.37. The van der Waals surface area contributed by atoms with Crippen molar-refractivity contribution < 1.29 is 0 Å². The SMILES string of the molecule is CCCC(C)CC1(CC(C)C)CNC1. The Morgan fingerprint density at radius 1 is 1.14 bits per heavy atom. The van der Waals surface area contributed by atoms with Crippen molar-refractivity contribution in [1.82, 2.24) is 5.32 Å². The number of hydrogen-bond donors (Lipinski definition) is 1. The third-order valence-electron chi connectivity index (χ3n) is 3.40. The molecule has 1 saturated heterocycles. The molecule has 0 aromatic heterocycles. The molecule has 14 heavy (non-hydrogen) atoms. The van der Waals surface area contributed by atoms with E-state index in [9.17, 15) is 0 Å². The van der Waals surface area contributed by atoms with E-state index in [0.29, 0.717) is 5.41 Å². The van der Waals surface area contributed by atoms with E-state index < -0.39 is 0 Å². The molecule has 1 heteroatoms. The van der Waals surface area contributed by atoms with Gasteiger partial charge in [-0.05, 0) is 30.1 Å². The van der Waals surface area contributed by atoms with Crippen LogP contribution in [0.15, 0.2) is 0 Å². The summed E-state index contributed by atoms with van der Waals surface area (Å²) in [6.45, 7) is 11.9. The molecule has 0 radical (unpaired) electrons. The fraction of sp³-hybridized carbons (Fsp3) is 1.00. The Morgan fingerprint density at radius 2 is 1.79 bits per heavy atom. The number of hydrogen-bond acceptors (Lipinski definition) is 1. The zero-order valence-electron chi connectivity index (χ0n) is 10.4. The van der Waals surface area contributed by atoms with Crippen molar-refractivity contribution in [1.29, 1.82) is 0 Å². The summed E-state index contributed by atoms with van der Waals surface area (Å²) >= 11 is 0. The first-order chi connectivity index (χ1) is 6.58. The van der Waals surface area contributed by atoms with Gasteiger partial charge in [-0.2, -0.15) is 0 Å². The zero-order chi connectivity index (χ0) is 10.6. The maximum atomic E-state index is 3.45. The first kappa shape index (κ1) is 12.0. The summed E-state index contributed by atoms with van der Waals surface area (Å²) < 4.78 is 0. The van der Waals surface area contributed by atoms with E-state index in [1.54, 1.807) is 0 Å². The van der Waals surface area contributed by atoms with Crippen LogP contribution in [0.3, 0.4) is 0 Å². The van der Waals surface area contributed by atoms with Crippen LogP contribution in [0.25, 0.3) is 0 Å². The lowest BCUT2D eigenvalue weighted by molar-refractivity contribution is 0.0948. The molecule has 1 aliphatic heterocycles. The average molecular weight is 197 g/mol. The van der Waals surface area contributed by atoms with Gasteiger partial charge in [0, 0.05) is 13.1 Å². The van der Waals surface area contributed by atoms with Crippen LogP contribution in [0, 0.1) is 17.3 Å². The molecule has 1 heterocycles. The second kappa shape index (κ2) is 5.16. The van der Waals surface area contributed by atoms with E-state index in [1.165, 1.54) is 38.8 Å². The Balaban J connectivity index is 2.36. The molecular weight excluding hydrogens is 170 g/mol. The van der Waals surface area contributed by atoms with Crippen molar-refractivity contribution in [3.63, 3.8) is 0 Å². The maximum absolute atomic E-state index is 3.45. The largest absolute Gasteiger partial charge is 0.316 e. The average Bonchev–Trinajstić information content (AvgIpc) is 1.99. The van der Waals surface area contributed by atoms with Gasteiger partial charge in [-0.15, -0.1) is 0 Å². The van der Waals surface area contributed by atoms with Crippen LogP contribution in [0.1, 0.15) is 53.4 Å². The Hall–Kier alpha value is -0.0400. The molecule has 1 atom stereocenters. The van der Waals surface area contributed by atoms with Gasteiger partial charge in [0.15, 0.2) is 0 Å². The standard InChI is InChI=1S/C13H27N/c1-5-6-12(4)8-13(7-11(2)3)9-14-10-13/h11-12,14H,5-10H2,1-4H3. The predicted octanol–water partition coefficient (Wildman–Crippen LogP) is 3.45.